The van der Waals surface area contributed by atoms with Gasteiger partial charge in [0.05, 0.1) is 36.3 Å². The first kappa shape index (κ1) is 20.2. The number of hydrogen-bond donors (Lipinski definition) is 1. The third-order valence-corrected chi connectivity index (χ3v) is 5.47. The Kier molecular flexibility index (Phi) is 5.65. The molecule has 2 aromatic rings. The zero-order valence-electron chi connectivity index (χ0n) is 17.0. The monoisotopic (exact) mass is 412 g/mol. The van der Waals surface area contributed by atoms with Gasteiger partial charge >= 0.3 is 0 Å². The largest absolute Gasteiger partial charge is 0.507 e. The highest BCUT2D eigenvalue weighted by atomic mass is 16.5. The number of morpholine rings is 1. The van der Waals surface area contributed by atoms with Gasteiger partial charge in [0.25, 0.3) is 11.7 Å². The van der Waals surface area contributed by atoms with Crippen LogP contribution in [-0.4, -0.2) is 76.0 Å². The Bertz CT molecular complexity index is 979. The van der Waals surface area contributed by atoms with Crippen LogP contribution in [0.2, 0.25) is 0 Å². The first-order valence-electron chi connectivity index (χ1n) is 9.90. The number of Topliss-reactive ketones (excluding diaryl/α,β-unsaturated/α-hetero) is 1. The molecule has 0 aromatic carbocycles. The van der Waals surface area contributed by atoms with Crippen molar-refractivity contribution in [2.75, 3.05) is 39.4 Å². The van der Waals surface area contributed by atoms with Gasteiger partial charge in [-0.3, -0.25) is 14.5 Å². The van der Waals surface area contributed by atoms with Gasteiger partial charge in [0.1, 0.15) is 23.4 Å². The number of carbonyl (C=O) groups excluding carboxylic acids is 2. The number of aryl methyl sites for hydroxylation is 2. The summed E-state index contributed by atoms with van der Waals surface area (Å²) in [6.45, 7) is 7.23. The fourth-order valence-corrected chi connectivity index (χ4v) is 3.89. The van der Waals surface area contributed by atoms with Crippen LogP contribution >= 0.6 is 0 Å². The molecule has 1 amide bonds. The molecule has 0 radical (unpaired) electrons. The number of aliphatic hydroxyl groups excluding tert-OH is 1. The number of rotatable bonds is 5. The van der Waals surface area contributed by atoms with Crippen molar-refractivity contribution >= 4 is 17.4 Å². The summed E-state index contributed by atoms with van der Waals surface area (Å²) in [5.41, 5.74) is 0.841. The van der Waals surface area contributed by atoms with Crippen molar-refractivity contribution in [1.82, 2.24) is 19.8 Å². The molecule has 2 aliphatic heterocycles. The van der Waals surface area contributed by atoms with E-state index in [1.807, 2.05) is 0 Å². The van der Waals surface area contributed by atoms with Crippen LogP contribution in [0.25, 0.3) is 5.76 Å². The Morgan fingerprint density at radius 2 is 2.00 bits per heavy atom. The highest BCUT2D eigenvalue weighted by molar-refractivity contribution is 6.46. The van der Waals surface area contributed by atoms with Crippen molar-refractivity contribution in [3.05, 3.63) is 53.0 Å². The topological polar surface area (TPSA) is 109 Å². The van der Waals surface area contributed by atoms with Crippen LogP contribution in [0.1, 0.15) is 28.9 Å². The van der Waals surface area contributed by atoms with E-state index in [0.717, 1.165) is 13.1 Å². The maximum atomic E-state index is 12.9. The Morgan fingerprint density at radius 3 is 2.67 bits per heavy atom. The summed E-state index contributed by atoms with van der Waals surface area (Å²) in [5, 5.41) is 11.0. The first-order valence-corrected chi connectivity index (χ1v) is 9.90. The third kappa shape index (κ3) is 3.73. The summed E-state index contributed by atoms with van der Waals surface area (Å²) in [5.74, 6) is -0.713. The minimum absolute atomic E-state index is 0.00696. The van der Waals surface area contributed by atoms with Gasteiger partial charge in [0, 0.05) is 32.4 Å². The highest BCUT2D eigenvalue weighted by Crippen LogP contribution is 2.39. The minimum Gasteiger partial charge on any atom is -0.507 e. The third-order valence-electron chi connectivity index (χ3n) is 5.47. The summed E-state index contributed by atoms with van der Waals surface area (Å²) in [6, 6.07) is 2.59. The quantitative estimate of drug-likeness (QED) is 0.446. The second-order valence-electron chi connectivity index (χ2n) is 7.38. The number of aromatic nitrogens is 2. The Balaban J connectivity index is 1.71. The van der Waals surface area contributed by atoms with E-state index in [-0.39, 0.29) is 11.3 Å². The van der Waals surface area contributed by atoms with Crippen LogP contribution in [0.4, 0.5) is 0 Å². The molecular weight excluding hydrogens is 388 g/mol. The van der Waals surface area contributed by atoms with Crippen LogP contribution in [0.15, 0.2) is 34.6 Å². The molecule has 2 aromatic heterocycles. The summed E-state index contributed by atoms with van der Waals surface area (Å²) in [7, 11) is 0. The molecule has 1 atom stereocenters. The molecule has 1 N–H and O–H groups in total. The Hall–Kier alpha value is -3.04. The maximum Gasteiger partial charge on any atom is 0.295 e. The van der Waals surface area contributed by atoms with Gasteiger partial charge in [-0.05, 0) is 26.0 Å². The van der Waals surface area contributed by atoms with Crippen molar-refractivity contribution < 1.29 is 23.8 Å². The maximum absolute atomic E-state index is 12.9. The predicted molar refractivity (Wildman–Crippen MR) is 106 cm³/mol. The second kappa shape index (κ2) is 8.37. The molecule has 2 fully saturated rings. The van der Waals surface area contributed by atoms with Crippen molar-refractivity contribution in [1.29, 1.82) is 0 Å². The number of ether oxygens (including phenoxy) is 1. The van der Waals surface area contributed by atoms with E-state index in [9.17, 15) is 14.7 Å². The normalized spacial score (nSPS) is 22.1. The molecular formula is C21H24N4O5. The summed E-state index contributed by atoms with van der Waals surface area (Å²) in [4.78, 5) is 37.9. The average molecular weight is 412 g/mol. The molecule has 2 saturated heterocycles. The number of nitrogens with zero attached hydrogens (tertiary/aromatic N) is 4. The molecule has 9 heteroatoms. The molecule has 0 aliphatic carbocycles. The van der Waals surface area contributed by atoms with Crippen LogP contribution in [0, 0.1) is 13.8 Å². The molecule has 0 bridgehead atoms. The smallest absolute Gasteiger partial charge is 0.295 e. The predicted octanol–water partition coefficient (Wildman–Crippen LogP) is 1.44. The van der Waals surface area contributed by atoms with Gasteiger partial charge in [-0.15, -0.1) is 0 Å². The molecule has 2 aliphatic rings. The number of aliphatic hydroxyl groups is 1. The number of carbonyl (C=O) groups is 2. The van der Waals surface area contributed by atoms with E-state index >= 15 is 0 Å². The van der Waals surface area contributed by atoms with E-state index in [0.29, 0.717) is 49.1 Å². The molecule has 4 heterocycles. The van der Waals surface area contributed by atoms with E-state index in [2.05, 4.69) is 14.9 Å². The van der Waals surface area contributed by atoms with Crippen molar-refractivity contribution in [2.24, 2.45) is 0 Å². The van der Waals surface area contributed by atoms with Crippen molar-refractivity contribution in [3.63, 3.8) is 0 Å². The van der Waals surface area contributed by atoms with Gasteiger partial charge in [0.2, 0.25) is 0 Å². The Labute approximate surface area is 174 Å². The van der Waals surface area contributed by atoms with Gasteiger partial charge in [-0.1, -0.05) is 0 Å². The molecule has 0 saturated carbocycles. The van der Waals surface area contributed by atoms with E-state index < -0.39 is 17.7 Å². The summed E-state index contributed by atoms with van der Waals surface area (Å²) >= 11 is 0. The van der Waals surface area contributed by atoms with E-state index in [4.69, 9.17) is 9.15 Å². The lowest BCUT2D eigenvalue weighted by Gasteiger charge is -2.30. The number of ketones is 1. The lowest BCUT2D eigenvalue weighted by atomic mass is 9.99. The molecule has 9 nitrogen and oxygen atoms in total. The SMILES string of the molecule is Cc1ncc(/C(O)=C2\C(=O)C(=O)N(CCN3CCOCC3)C2c2ccco2)c(C)n1. The second-order valence-corrected chi connectivity index (χ2v) is 7.38. The first-order chi connectivity index (χ1) is 14.5. The van der Waals surface area contributed by atoms with Crippen LogP contribution in [-0.2, 0) is 14.3 Å². The molecule has 4 rings (SSSR count). The van der Waals surface area contributed by atoms with Crippen LogP contribution in [0.3, 0.4) is 0 Å². The van der Waals surface area contributed by atoms with Gasteiger partial charge < -0.3 is 19.2 Å². The zero-order chi connectivity index (χ0) is 21.3. The lowest BCUT2D eigenvalue weighted by Crippen LogP contribution is -2.42. The average Bonchev–Trinajstić information content (AvgIpc) is 3.34. The zero-order valence-corrected chi connectivity index (χ0v) is 17.0. The van der Waals surface area contributed by atoms with Gasteiger partial charge in [0.15, 0.2) is 0 Å². The number of hydrogen-bond acceptors (Lipinski definition) is 8. The lowest BCUT2D eigenvalue weighted by molar-refractivity contribution is -0.140. The fourth-order valence-electron chi connectivity index (χ4n) is 3.89. The summed E-state index contributed by atoms with van der Waals surface area (Å²) in [6.07, 6.45) is 2.95. The van der Waals surface area contributed by atoms with Crippen LogP contribution < -0.4 is 0 Å². The van der Waals surface area contributed by atoms with E-state index in [1.165, 1.54) is 17.4 Å². The van der Waals surface area contributed by atoms with Crippen molar-refractivity contribution in [3.8, 4) is 0 Å². The molecule has 0 spiro atoms. The molecule has 30 heavy (non-hydrogen) atoms. The summed E-state index contributed by atoms with van der Waals surface area (Å²) < 4.78 is 10.9. The number of likely N-dealkylation sites (tertiary alicyclic amines) is 1. The van der Waals surface area contributed by atoms with Crippen LogP contribution in [0.5, 0.6) is 0 Å². The standard InChI is InChI=1S/C21H24N4O5/c1-13-15(12-22-14(2)23-13)19(26)17-18(16-4-3-9-30-16)25(21(28)20(17)27)6-5-24-7-10-29-11-8-24/h3-4,9,12,18,26H,5-8,10-11H2,1-2H3/b19-17+. The van der Waals surface area contributed by atoms with Gasteiger partial charge in [-0.25, -0.2) is 9.97 Å². The Morgan fingerprint density at radius 1 is 1.23 bits per heavy atom. The van der Waals surface area contributed by atoms with E-state index in [1.54, 1.807) is 26.0 Å². The minimum atomic E-state index is -0.804. The van der Waals surface area contributed by atoms with Crippen molar-refractivity contribution in [2.45, 2.75) is 19.9 Å². The number of furan rings is 1. The number of amides is 1. The highest BCUT2D eigenvalue weighted by Gasteiger charge is 2.47. The molecule has 1 unspecified atom stereocenters. The molecule has 158 valence electrons. The van der Waals surface area contributed by atoms with Gasteiger partial charge in [-0.2, -0.15) is 0 Å². The fraction of sp³-hybridized carbons (Fsp3) is 0.429.